The van der Waals surface area contributed by atoms with Crippen molar-refractivity contribution >= 4 is 11.8 Å². The summed E-state index contributed by atoms with van der Waals surface area (Å²) in [5, 5.41) is 5.60. The van der Waals surface area contributed by atoms with Gasteiger partial charge >= 0.3 is 0 Å². The summed E-state index contributed by atoms with van der Waals surface area (Å²) in [7, 11) is 0. The van der Waals surface area contributed by atoms with Crippen LogP contribution in [0.1, 0.15) is 34.6 Å². The Balaban J connectivity index is 1.80. The van der Waals surface area contributed by atoms with E-state index in [0.29, 0.717) is 62.3 Å². The third kappa shape index (κ3) is 8.56. The fourth-order valence-electron chi connectivity index (χ4n) is 2.81. The van der Waals surface area contributed by atoms with Crippen LogP contribution in [0, 0.1) is 0 Å². The second-order valence-corrected chi connectivity index (χ2v) is 6.59. The Bertz CT molecular complexity index is 773. The highest BCUT2D eigenvalue weighted by Crippen LogP contribution is 2.18. The molecule has 8 nitrogen and oxygen atoms in total. The summed E-state index contributed by atoms with van der Waals surface area (Å²) in [6.07, 6.45) is 0. The van der Waals surface area contributed by atoms with E-state index in [4.69, 9.17) is 18.9 Å². The summed E-state index contributed by atoms with van der Waals surface area (Å²) in [5.74, 6) is 0.440. The molecule has 0 atom stereocenters. The molecule has 0 bridgehead atoms. The van der Waals surface area contributed by atoms with Gasteiger partial charge in [0, 0.05) is 26.3 Å². The van der Waals surface area contributed by atoms with Gasteiger partial charge in [0.05, 0.1) is 24.3 Å². The summed E-state index contributed by atoms with van der Waals surface area (Å²) in [4.78, 5) is 25.1. The van der Waals surface area contributed by atoms with E-state index in [2.05, 4.69) is 10.6 Å². The molecule has 2 aromatic carbocycles. The van der Waals surface area contributed by atoms with Crippen molar-refractivity contribution in [3.63, 3.8) is 0 Å². The van der Waals surface area contributed by atoms with Crippen LogP contribution in [-0.4, -0.2) is 64.5 Å². The van der Waals surface area contributed by atoms with Crippen LogP contribution in [-0.2, 0) is 9.47 Å². The van der Waals surface area contributed by atoms with Gasteiger partial charge in [-0.2, -0.15) is 0 Å². The maximum absolute atomic E-state index is 12.5. The van der Waals surface area contributed by atoms with E-state index in [9.17, 15) is 9.59 Å². The van der Waals surface area contributed by atoms with E-state index in [0.717, 1.165) is 0 Å². The first-order valence-corrected chi connectivity index (χ1v) is 10.8. The van der Waals surface area contributed by atoms with Crippen molar-refractivity contribution in [2.24, 2.45) is 0 Å². The maximum Gasteiger partial charge on any atom is 0.255 e. The minimum absolute atomic E-state index is 0.269. The lowest BCUT2D eigenvalue weighted by molar-refractivity contribution is 0.0912. The predicted octanol–water partition coefficient (Wildman–Crippen LogP) is 2.68. The third-order valence-electron chi connectivity index (χ3n) is 4.34. The van der Waals surface area contributed by atoms with Crippen LogP contribution in [0.5, 0.6) is 11.5 Å². The van der Waals surface area contributed by atoms with Crippen LogP contribution in [0.4, 0.5) is 0 Å². The van der Waals surface area contributed by atoms with Gasteiger partial charge in [-0.1, -0.05) is 24.3 Å². The molecule has 0 saturated carbocycles. The average molecular weight is 445 g/mol. The first-order chi connectivity index (χ1) is 15.7. The van der Waals surface area contributed by atoms with Crippen LogP contribution in [0.2, 0.25) is 0 Å². The quantitative estimate of drug-likeness (QED) is 0.410. The van der Waals surface area contributed by atoms with Crippen molar-refractivity contribution in [3.05, 3.63) is 59.7 Å². The summed E-state index contributed by atoms with van der Waals surface area (Å²) < 4.78 is 21.8. The van der Waals surface area contributed by atoms with Crippen molar-refractivity contribution in [2.45, 2.75) is 13.8 Å². The van der Waals surface area contributed by atoms with Crippen LogP contribution in [0.3, 0.4) is 0 Å². The lowest BCUT2D eigenvalue weighted by Gasteiger charge is -2.13. The highest BCUT2D eigenvalue weighted by molar-refractivity contribution is 5.98. The topological polar surface area (TPSA) is 95.1 Å². The molecule has 0 heterocycles. The van der Waals surface area contributed by atoms with Crippen LogP contribution < -0.4 is 20.1 Å². The zero-order valence-electron chi connectivity index (χ0n) is 18.7. The lowest BCUT2D eigenvalue weighted by atomic mass is 10.2. The van der Waals surface area contributed by atoms with Crippen molar-refractivity contribution in [3.8, 4) is 11.5 Å². The van der Waals surface area contributed by atoms with Gasteiger partial charge in [-0.15, -0.1) is 0 Å². The van der Waals surface area contributed by atoms with Crippen molar-refractivity contribution in [1.29, 1.82) is 0 Å². The number of rotatable bonds is 15. The normalized spacial score (nSPS) is 10.4. The van der Waals surface area contributed by atoms with E-state index in [-0.39, 0.29) is 24.9 Å². The average Bonchev–Trinajstić information content (AvgIpc) is 2.82. The number of hydrogen-bond acceptors (Lipinski definition) is 6. The summed E-state index contributed by atoms with van der Waals surface area (Å²) in [6.45, 7) is 7.21. The first-order valence-electron chi connectivity index (χ1n) is 10.8. The van der Waals surface area contributed by atoms with Crippen molar-refractivity contribution in [2.75, 3.05) is 52.7 Å². The molecular weight excluding hydrogens is 412 g/mol. The number of benzene rings is 2. The summed E-state index contributed by atoms with van der Waals surface area (Å²) >= 11 is 0. The molecule has 0 radical (unpaired) electrons. The minimum Gasteiger partial charge on any atom is -0.490 e. The van der Waals surface area contributed by atoms with Crippen molar-refractivity contribution in [1.82, 2.24) is 10.6 Å². The van der Waals surface area contributed by atoms with Crippen LogP contribution in [0.15, 0.2) is 48.5 Å². The third-order valence-corrected chi connectivity index (χ3v) is 4.34. The Morgan fingerprint density at radius 2 is 1.06 bits per heavy atom. The highest BCUT2D eigenvalue weighted by Gasteiger charge is 2.14. The molecule has 0 aliphatic rings. The Morgan fingerprint density at radius 3 is 1.47 bits per heavy atom. The number of hydrogen-bond donors (Lipinski definition) is 2. The molecule has 2 amide bonds. The van der Waals surface area contributed by atoms with Crippen molar-refractivity contribution < 1.29 is 28.5 Å². The highest BCUT2D eigenvalue weighted by atomic mass is 16.5. The van der Waals surface area contributed by atoms with Gasteiger partial charge in [-0.05, 0) is 38.1 Å². The molecule has 0 fully saturated rings. The standard InChI is InChI=1S/C24H32N2O6/c1-3-29-15-17-31-21-11-7-5-9-19(21)23(27)25-13-14-26-24(28)20-10-6-8-12-22(20)32-18-16-30-4-2/h5-12H,3-4,13-18H2,1-2H3,(H,25,27)(H,26,28). The van der Waals surface area contributed by atoms with E-state index < -0.39 is 0 Å². The molecule has 32 heavy (non-hydrogen) atoms. The van der Waals surface area contributed by atoms with Gasteiger partial charge < -0.3 is 29.6 Å². The number of carbonyl (C=O) groups is 2. The van der Waals surface area contributed by atoms with Crippen LogP contribution in [0.25, 0.3) is 0 Å². The SMILES string of the molecule is CCOCCOc1ccccc1C(=O)NCCNC(=O)c1ccccc1OCCOCC. The lowest BCUT2D eigenvalue weighted by Crippen LogP contribution is -2.35. The van der Waals surface area contributed by atoms with Gasteiger partial charge in [0.25, 0.3) is 11.8 Å². The second-order valence-electron chi connectivity index (χ2n) is 6.59. The molecule has 2 rings (SSSR count). The fourth-order valence-corrected chi connectivity index (χ4v) is 2.81. The van der Waals surface area contributed by atoms with Crippen LogP contribution >= 0.6 is 0 Å². The molecule has 0 aliphatic heterocycles. The number of ether oxygens (including phenoxy) is 4. The molecule has 0 spiro atoms. The van der Waals surface area contributed by atoms with Gasteiger partial charge in [-0.25, -0.2) is 0 Å². The Hall–Kier alpha value is -3.10. The molecule has 8 heteroatoms. The van der Waals surface area contributed by atoms with Gasteiger partial charge in [0.15, 0.2) is 0 Å². The second kappa shape index (κ2) is 14.8. The Labute approximate surface area is 189 Å². The summed E-state index contributed by atoms with van der Waals surface area (Å²) in [6, 6.07) is 14.0. The monoisotopic (exact) mass is 444 g/mol. The zero-order valence-corrected chi connectivity index (χ0v) is 18.7. The largest absolute Gasteiger partial charge is 0.490 e. The minimum atomic E-state index is -0.272. The van der Waals surface area contributed by atoms with E-state index in [1.807, 2.05) is 13.8 Å². The zero-order chi connectivity index (χ0) is 23.0. The molecule has 2 N–H and O–H groups in total. The molecule has 0 saturated heterocycles. The smallest absolute Gasteiger partial charge is 0.255 e. The first kappa shape index (κ1) is 25.2. The van der Waals surface area contributed by atoms with E-state index >= 15 is 0 Å². The Kier molecular flexibility index (Phi) is 11.7. The number of para-hydroxylation sites is 2. The molecular formula is C24H32N2O6. The van der Waals surface area contributed by atoms with E-state index in [1.165, 1.54) is 0 Å². The molecule has 2 aromatic rings. The molecule has 174 valence electrons. The van der Waals surface area contributed by atoms with E-state index in [1.54, 1.807) is 48.5 Å². The molecule has 0 unspecified atom stereocenters. The van der Waals surface area contributed by atoms with Gasteiger partial charge in [-0.3, -0.25) is 9.59 Å². The number of amides is 2. The maximum atomic E-state index is 12.5. The number of nitrogens with one attached hydrogen (secondary N) is 2. The number of carbonyl (C=O) groups excluding carboxylic acids is 2. The predicted molar refractivity (Wildman–Crippen MR) is 122 cm³/mol. The fraction of sp³-hybridized carbons (Fsp3) is 0.417. The molecule has 0 aromatic heterocycles. The van der Waals surface area contributed by atoms with Gasteiger partial charge in [0.1, 0.15) is 24.7 Å². The Morgan fingerprint density at radius 1 is 0.656 bits per heavy atom. The summed E-state index contributed by atoms with van der Waals surface area (Å²) in [5.41, 5.74) is 0.867. The molecule has 0 aliphatic carbocycles. The van der Waals surface area contributed by atoms with Gasteiger partial charge in [0.2, 0.25) is 0 Å².